The van der Waals surface area contributed by atoms with E-state index in [1.807, 2.05) is 30.3 Å². The van der Waals surface area contributed by atoms with Crippen molar-refractivity contribution in [2.75, 3.05) is 6.61 Å². The molecule has 0 fully saturated rings. The van der Waals surface area contributed by atoms with Gasteiger partial charge in [-0.15, -0.1) is 11.3 Å². The number of thiophene rings is 1. The molecule has 0 aliphatic rings. The first-order chi connectivity index (χ1) is 13.0. The zero-order valence-corrected chi connectivity index (χ0v) is 15.9. The van der Waals surface area contributed by atoms with Crippen molar-refractivity contribution in [3.8, 4) is 5.75 Å². The zero-order valence-electron chi connectivity index (χ0n) is 15.1. The molecular formula is C20H19N2O4S-. The minimum absolute atomic E-state index is 0.0304. The molecule has 0 saturated carbocycles. The molecule has 0 spiro atoms. The average Bonchev–Trinajstić information content (AvgIpc) is 2.98. The molecule has 140 valence electrons. The van der Waals surface area contributed by atoms with Gasteiger partial charge in [0.15, 0.2) is 0 Å². The van der Waals surface area contributed by atoms with E-state index in [0.29, 0.717) is 28.2 Å². The molecule has 27 heavy (non-hydrogen) atoms. The van der Waals surface area contributed by atoms with Crippen molar-refractivity contribution in [3.63, 3.8) is 0 Å². The van der Waals surface area contributed by atoms with Crippen LogP contribution < -0.4 is 15.4 Å². The number of aromatic nitrogens is 2. The Morgan fingerprint density at radius 1 is 1.30 bits per heavy atom. The van der Waals surface area contributed by atoms with E-state index in [4.69, 9.17) is 4.74 Å². The van der Waals surface area contributed by atoms with Crippen molar-refractivity contribution in [2.45, 2.75) is 26.7 Å². The second kappa shape index (κ2) is 8.18. The first-order valence-corrected chi connectivity index (χ1v) is 9.47. The van der Waals surface area contributed by atoms with Gasteiger partial charge in [0.1, 0.15) is 16.4 Å². The maximum absolute atomic E-state index is 12.3. The van der Waals surface area contributed by atoms with Gasteiger partial charge in [-0.1, -0.05) is 31.6 Å². The Hall–Kier alpha value is -2.93. The number of carboxylic acid groups (broad SMARTS) is 1. The molecule has 0 aliphatic carbocycles. The number of hydrogen-bond acceptors (Lipinski definition) is 6. The number of benzene rings is 1. The summed E-state index contributed by atoms with van der Waals surface area (Å²) in [4.78, 5) is 30.9. The summed E-state index contributed by atoms with van der Waals surface area (Å²) in [7, 11) is 0. The summed E-state index contributed by atoms with van der Waals surface area (Å²) >= 11 is 0.950. The quantitative estimate of drug-likeness (QED) is 0.633. The van der Waals surface area contributed by atoms with Gasteiger partial charge in [-0.2, -0.15) is 0 Å². The van der Waals surface area contributed by atoms with Crippen LogP contribution in [0, 0.1) is 6.92 Å². The minimum atomic E-state index is -1.30. The van der Waals surface area contributed by atoms with E-state index in [1.54, 1.807) is 13.0 Å². The summed E-state index contributed by atoms with van der Waals surface area (Å²) in [5, 5.41) is 11.4. The molecule has 3 aromatic rings. The molecular weight excluding hydrogens is 364 g/mol. The van der Waals surface area contributed by atoms with Gasteiger partial charge in [0.2, 0.25) is 0 Å². The topological polar surface area (TPSA) is 95.1 Å². The van der Waals surface area contributed by atoms with Crippen LogP contribution in [-0.4, -0.2) is 22.5 Å². The third-order valence-corrected chi connectivity index (χ3v) is 5.25. The fourth-order valence-corrected chi connectivity index (χ4v) is 3.64. The van der Waals surface area contributed by atoms with Gasteiger partial charge in [-0.05, 0) is 42.7 Å². The molecule has 1 N–H and O–H groups in total. The summed E-state index contributed by atoms with van der Waals surface area (Å²) in [6.45, 7) is 4.40. The Kier molecular flexibility index (Phi) is 5.71. The number of aromatic amines is 1. The Morgan fingerprint density at radius 3 is 2.70 bits per heavy atom. The van der Waals surface area contributed by atoms with Crippen LogP contribution in [0.25, 0.3) is 22.4 Å². The summed E-state index contributed by atoms with van der Waals surface area (Å²) in [5.41, 5.74) is 0.955. The van der Waals surface area contributed by atoms with Crippen LogP contribution in [0.1, 0.15) is 46.4 Å². The van der Waals surface area contributed by atoms with E-state index < -0.39 is 5.97 Å². The molecule has 1 aromatic carbocycles. The molecule has 2 aromatic heterocycles. The standard InChI is InChI=1S/C20H20N2O4S/c1-3-4-11-26-14-8-5-13(6-9-14)7-10-15-21-18(23)16-12(2)17(20(24)25)27-19(16)22-15/h5-10H,3-4,11H2,1-2H3,(H,24,25)(H,21,22,23)/p-1/b10-7+. The molecule has 0 amide bonds. The van der Waals surface area contributed by atoms with E-state index in [9.17, 15) is 14.7 Å². The molecule has 0 unspecified atom stereocenters. The number of aromatic carboxylic acids is 1. The van der Waals surface area contributed by atoms with Gasteiger partial charge >= 0.3 is 0 Å². The van der Waals surface area contributed by atoms with Crippen LogP contribution in [0.15, 0.2) is 29.1 Å². The third-order valence-electron chi connectivity index (χ3n) is 4.08. The number of aryl methyl sites for hydroxylation is 1. The number of nitrogens with one attached hydrogen (secondary N) is 1. The molecule has 0 radical (unpaired) electrons. The van der Waals surface area contributed by atoms with Crippen LogP contribution in [0.5, 0.6) is 5.75 Å². The van der Waals surface area contributed by atoms with Crippen molar-refractivity contribution in [3.05, 3.63) is 56.4 Å². The summed E-state index contributed by atoms with van der Waals surface area (Å²) in [6.07, 6.45) is 5.61. The lowest BCUT2D eigenvalue weighted by Crippen LogP contribution is -2.21. The highest BCUT2D eigenvalue weighted by Gasteiger charge is 2.14. The number of carbonyl (C=O) groups excluding carboxylic acids is 1. The number of carboxylic acids is 1. The van der Waals surface area contributed by atoms with Crippen molar-refractivity contribution >= 4 is 39.7 Å². The summed E-state index contributed by atoms with van der Waals surface area (Å²) in [6, 6.07) is 7.61. The van der Waals surface area contributed by atoms with Crippen molar-refractivity contribution in [1.82, 2.24) is 9.97 Å². The monoisotopic (exact) mass is 383 g/mol. The molecule has 0 aliphatic heterocycles. The van der Waals surface area contributed by atoms with E-state index in [2.05, 4.69) is 16.9 Å². The Balaban J connectivity index is 1.82. The molecule has 0 saturated heterocycles. The predicted octanol–water partition coefficient (Wildman–Crippen LogP) is 3.01. The normalized spacial score (nSPS) is 11.3. The van der Waals surface area contributed by atoms with Gasteiger partial charge in [-0.3, -0.25) is 4.79 Å². The smallest absolute Gasteiger partial charge is 0.260 e. The van der Waals surface area contributed by atoms with Crippen LogP contribution >= 0.6 is 11.3 Å². The maximum atomic E-state index is 12.3. The minimum Gasteiger partial charge on any atom is -0.544 e. The van der Waals surface area contributed by atoms with Gasteiger partial charge in [-0.25, -0.2) is 4.98 Å². The van der Waals surface area contributed by atoms with Crippen molar-refractivity contribution < 1.29 is 14.6 Å². The second-order valence-corrected chi connectivity index (χ2v) is 7.08. The molecule has 0 atom stereocenters. The lowest BCUT2D eigenvalue weighted by molar-refractivity contribution is -0.254. The molecule has 2 heterocycles. The van der Waals surface area contributed by atoms with E-state index >= 15 is 0 Å². The lowest BCUT2D eigenvalue weighted by Gasteiger charge is -2.05. The second-order valence-electron chi connectivity index (χ2n) is 6.08. The first kappa shape index (κ1) is 18.8. The van der Waals surface area contributed by atoms with Gasteiger partial charge in [0, 0.05) is 0 Å². The molecule has 6 nitrogen and oxygen atoms in total. The van der Waals surface area contributed by atoms with Crippen molar-refractivity contribution in [2.24, 2.45) is 0 Å². The van der Waals surface area contributed by atoms with Gasteiger partial charge < -0.3 is 19.6 Å². The van der Waals surface area contributed by atoms with Crippen LogP contribution in [0.4, 0.5) is 0 Å². The highest BCUT2D eigenvalue weighted by atomic mass is 32.1. The van der Waals surface area contributed by atoms with E-state index in [0.717, 1.165) is 35.5 Å². The van der Waals surface area contributed by atoms with Crippen LogP contribution in [-0.2, 0) is 0 Å². The first-order valence-electron chi connectivity index (χ1n) is 8.65. The van der Waals surface area contributed by atoms with Gasteiger partial charge in [0.25, 0.3) is 5.56 Å². The maximum Gasteiger partial charge on any atom is 0.260 e. The van der Waals surface area contributed by atoms with Crippen molar-refractivity contribution in [1.29, 1.82) is 0 Å². The Labute approximate surface area is 160 Å². The van der Waals surface area contributed by atoms with Crippen LogP contribution in [0.3, 0.4) is 0 Å². The SMILES string of the molecule is CCCCOc1ccc(/C=C/c2nc3sc(C(=O)[O-])c(C)c3c(=O)[nH]2)cc1. The number of hydrogen-bond donors (Lipinski definition) is 1. The van der Waals surface area contributed by atoms with E-state index in [1.165, 1.54) is 0 Å². The fourth-order valence-electron chi connectivity index (χ4n) is 2.62. The Morgan fingerprint density at radius 2 is 2.04 bits per heavy atom. The van der Waals surface area contributed by atoms with E-state index in [-0.39, 0.29) is 10.4 Å². The average molecular weight is 383 g/mol. The number of carbonyl (C=O) groups is 1. The number of rotatable bonds is 7. The summed E-state index contributed by atoms with van der Waals surface area (Å²) < 4.78 is 5.63. The largest absolute Gasteiger partial charge is 0.544 e. The molecule has 7 heteroatoms. The summed E-state index contributed by atoms with van der Waals surface area (Å²) in [5.74, 6) is -0.118. The third kappa shape index (κ3) is 4.25. The number of unbranched alkanes of at least 4 members (excludes halogenated alkanes) is 1. The predicted molar refractivity (Wildman–Crippen MR) is 105 cm³/mol. The van der Waals surface area contributed by atoms with Gasteiger partial charge in [0.05, 0.1) is 22.8 Å². The zero-order chi connectivity index (χ0) is 19.4. The fraction of sp³-hybridized carbons (Fsp3) is 0.250. The highest BCUT2D eigenvalue weighted by molar-refractivity contribution is 7.20. The van der Waals surface area contributed by atoms with Crippen LogP contribution in [0.2, 0.25) is 0 Å². The highest BCUT2D eigenvalue weighted by Crippen LogP contribution is 2.26. The molecule has 3 rings (SSSR count). The molecule has 0 bridgehead atoms. The number of H-pyrrole nitrogens is 1. The number of ether oxygens (including phenoxy) is 1. The Bertz CT molecular complexity index is 1050. The number of fused-ring (bicyclic) bond motifs is 1. The number of nitrogens with zero attached hydrogens (tertiary/aromatic N) is 1. The lowest BCUT2D eigenvalue weighted by atomic mass is 10.2.